The molecule has 0 unspecified atom stereocenters. The molecule has 0 saturated heterocycles. The maximum absolute atomic E-state index is 13.8. The van der Waals surface area contributed by atoms with Crippen LogP contribution in [0.4, 0.5) is 5.69 Å². The van der Waals surface area contributed by atoms with Gasteiger partial charge in [-0.3, -0.25) is 9.79 Å². The number of aliphatic imine (C=N–C) groups is 1. The highest BCUT2D eigenvalue weighted by Gasteiger charge is 2.25. The van der Waals surface area contributed by atoms with Crippen LogP contribution in [0.5, 0.6) is 11.5 Å². The lowest BCUT2D eigenvalue weighted by Gasteiger charge is -2.24. The summed E-state index contributed by atoms with van der Waals surface area (Å²) in [6.07, 6.45) is 2.21. The standard InChI is InChI=1S/C33H31N5O4/c1-37(2)24-11-9-20(10-12-24)32-25-7-5-6-8-26(25)33(40)38(36-32)30-17-21(13-14-34-30)31-27-18-29(42-4)28(41-3)16-22(27)15-23(19-39)35-31/h5-14,16-18,23,39H,15,19H2,1-4H3/t23-/m0/s1. The number of benzene rings is 3. The highest BCUT2D eigenvalue weighted by atomic mass is 16.5. The number of nitrogens with zero attached hydrogens (tertiary/aromatic N) is 5. The predicted octanol–water partition coefficient (Wildman–Crippen LogP) is 4.29. The number of ether oxygens (including phenoxy) is 2. The van der Waals surface area contributed by atoms with Crippen LogP contribution < -0.4 is 19.9 Å². The Hall–Kier alpha value is -5.02. The van der Waals surface area contributed by atoms with E-state index < -0.39 is 0 Å². The van der Waals surface area contributed by atoms with Crippen LogP contribution in [0, 0.1) is 0 Å². The van der Waals surface area contributed by atoms with Gasteiger partial charge in [-0.05, 0) is 54.4 Å². The van der Waals surface area contributed by atoms with Gasteiger partial charge < -0.3 is 19.5 Å². The molecule has 9 nitrogen and oxygen atoms in total. The Balaban J connectivity index is 1.51. The number of fused-ring (bicyclic) bond motifs is 2. The molecule has 1 aliphatic heterocycles. The topological polar surface area (TPSA) is 102 Å². The number of aliphatic hydroxyl groups excluding tert-OH is 1. The first kappa shape index (κ1) is 27.2. The first-order chi connectivity index (χ1) is 20.4. The summed E-state index contributed by atoms with van der Waals surface area (Å²) in [7, 11) is 7.17. The van der Waals surface area contributed by atoms with Crippen LogP contribution >= 0.6 is 0 Å². The molecular weight excluding hydrogens is 530 g/mol. The molecule has 9 heteroatoms. The van der Waals surface area contributed by atoms with E-state index in [4.69, 9.17) is 19.6 Å². The van der Waals surface area contributed by atoms with Gasteiger partial charge in [0.1, 0.15) is 0 Å². The van der Waals surface area contributed by atoms with Crippen molar-refractivity contribution in [2.45, 2.75) is 12.5 Å². The van der Waals surface area contributed by atoms with Gasteiger partial charge in [0.05, 0.1) is 43.7 Å². The lowest BCUT2D eigenvalue weighted by molar-refractivity contribution is 0.265. The summed E-state index contributed by atoms with van der Waals surface area (Å²) >= 11 is 0. The minimum absolute atomic E-state index is 0.100. The zero-order chi connectivity index (χ0) is 29.4. The molecule has 0 amide bonds. The molecular formula is C33H31N5O4. The van der Waals surface area contributed by atoms with E-state index in [9.17, 15) is 9.90 Å². The summed E-state index contributed by atoms with van der Waals surface area (Å²) in [4.78, 5) is 25.2. The number of aliphatic hydroxyl groups is 1. The van der Waals surface area contributed by atoms with Crippen molar-refractivity contribution >= 4 is 22.2 Å². The molecule has 1 N–H and O–H groups in total. The third-order valence-electron chi connectivity index (χ3n) is 7.54. The SMILES string of the molecule is COc1cc2c(cc1OC)C(c1ccnc(-n3nc(-c4ccc(N(C)C)cc4)c4ccccc4c3=O)c1)=N[C@H](CO)C2. The molecule has 0 radical (unpaired) electrons. The fourth-order valence-corrected chi connectivity index (χ4v) is 5.35. The van der Waals surface area contributed by atoms with Crippen LogP contribution in [0.3, 0.4) is 0 Å². The number of rotatable bonds is 7. The van der Waals surface area contributed by atoms with Crippen LogP contribution in [0.25, 0.3) is 27.8 Å². The number of hydrogen-bond donors (Lipinski definition) is 1. The van der Waals surface area contributed by atoms with Crippen LogP contribution in [-0.2, 0) is 6.42 Å². The molecule has 2 aromatic heterocycles. The van der Waals surface area contributed by atoms with Gasteiger partial charge in [-0.1, -0.05) is 30.3 Å². The Kier molecular flexibility index (Phi) is 7.18. The lowest BCUT2D eigenvalue weighted by Crippen LogP contribution is -2.26. The minimum atomic E-state index is -0.319. The molecule has 5 aromatic rings. The number of pyridine rings is 1. The zero-order valence-corrected chi connectivity index (χ0v) is 23.9. The van der Waals surface area contributed by atoms with Crippen molar-refractivity contribution in [2.24, 2.45) is 4.99 Å². The Morgan fingerprint density at radius 3 is 2.33 bits per heavy atom. The molecule has 0 spiro atoms. The molecule has 3 aromatic carbocycles. The van der Waals surface area contributed by atoms with E-state index in [1.807, 2.05) is 85.7 Å². The van der Waals surface area contributed by atoms with Gasteiger partial charge in [0, 0.05) is 48.1 Å². The van der Waals surface area contributed by atoms with E-state index in [1.165, 1.54) is 4.68 Å². The van der Waals surface area contributed by atoms with Crippen molar-refractivity contribution in [2.75, 3.05) is 39.8 Å². The minimum Gasteiger partial charge on any atom is -0.493 e. The Morgan fingerprint density at radius 2 is 1.64 bits per heavy atom. The van der Waals surface area contributed by atoms with Crippen molar-refractivity contribution in [3.05, 3.63) is 106 Å². The van der Waals surface area contributed by atoms with Gasteiger partial charge in [0.15, 0.2) is 17.3 Å². The fraction of sp³-hybridized carbons (Fsp3) is 0.212. The maximum atomic E-state index is 13.8. The van der Waals surface area contributed by atoms with E-state index in [1.54, 1.807) is 26.5 Å². The van der Waals surface area contributed by atoms with Crippen molar-refractivity contribution in [1.82, 2.24) is 14.8 Å². The van der Waals surface area contributed by atoms with Crippen molar-refractivity contribution < 1.29 is 14.6 Å². The highest BCUT2D eigenvalue weighted by molar-refractivity contribution is 6.15. The number of methoxy groups -OCH3 is 2. The first-order valence-electron chi connectivity index (χ1n) is 13.6. The van der Waals surface area contributed by atoms with Crippen LogP contribution in [-0.4, -0.2) is 66.5 Å². The van der Waals surface area contributed by atoms with Crippen molar-refractivity contribution in [1.29, 1.82) is 0 Å². The van der Waals surface area contributed by atoms with E-state index in [0.29, 0.717) is 40.5 Å². The molecule has 1 atom stereocenters. The van der Waals surface area contributed by atoms with Crippen molar-refractivity contribution in [3.63, 3.8) is 0 Å². The summed E-state index contributed by atoms with van der Waals surface area (Å²) in [5.41, 5.74) is 5.64. The van der Waals surface area contributed by atoms with E-state index in [-0.39, 0.29) is 18.2 Å². The van der Waals surface area contributed by atoms with E-state index in [2.05, 4.69) is 4.98 Å². The van der Waals surface area contributed by atoms with Gasteiger partial charge >= 0.3 is 0 Å². The average molecular weight is 562 g/mol. The first-order valence-corrected chi connectivity index (χ1v) is 13.6. The average Bonchev–Trinajstić information content (AvgIpc) is 3.03. The number of hydrogen-bond acceptors (Lipinski definition) is 8. The fourth-order valence-electron chi connectivity index (χ4n) is 5.35. The largest absolute Gasteiger partial charge is 0.493 e. The summed E-state index contributed by atoms with van der Waals surface area (Å²) in [6, 6.07) is 22.7. The number of aromatic nitrogens is 3. The molecule has 6 rings (SSSR count). The Morgan fingerprint density at radius 1 is 0.929 bits per heavy atom. The van der Waals surface area contributed by atoms with Gasteiger partial charge in [-0.2, -0.15) is 9.78 Å². The Labute approximate surface area is 243 Å². The highest BCUT2D eigenvalue weighted by Crippen LogP contribution is 2.35. The molecule has 0 saturated carbocycles. The molecule has 212 valence electrons. The van der Waals surface area contributed by atoms with Crippen molar-refractivity contribution in [3.8, 4) is 28.6 Å². The second kappa shape index (κ2) is 11.1. The van der Waals surface area contributed by atoms with Gasteiger partial charge in [0.25, 0.3) is 5.56 Å². The summed E-state index contributed by atoms with van der Waals surface area (Å²) in [5, 5.41) is 16.2. The molecule has 0 fully saturated rings. The molecule has 0 bridgehead atoms. The second-order valence-corrected chi connectivity index (χ2v) is 10.3. The predicted molar refractivity (Wildman–Crippen MR) is 165 cm³/mol. The van der Waals surface area contributed by atoms with Gasteiger partial charge in [0.2, 0.25) is 0 Å². The molecule has 1 aliphatic rings. The van der Waals surface area contributed by atoms with Crippen LogP contribution in [0.1, 0.15) is 16.7 Å². The van der Waals surface area contributed by atoms with Crippen LogP contribution in [0.2, 0.25) is 0 Å². The normalized spacial score (nSPS) is 14.3. The summed E-state index contributed by atoms with van der Waals surface area (Å²) < 4.78 is 12.4. The summed E-state index contributed by atoms with van der Waals surface area (Å²) in [5.74, 6) is 1.56. The number of anilines is 1. The molecule has 3 heterocycles. The van der Waals surface area contributed by atoms with E-state index in [0.717, 1.165) is 33.3 Å². The molecule has 0 aliphatic carbocycles. The van der Waals surface area contributed by atoms with Gasteiger partial charge in [-0.25, -0.2) is 4.98 Å². The zero-order valence-electron chi connectivity index (χ0n) is 23.9. The molecule has 42 heavy (non-hydrogen) atoms. The lowest BCUT2D eigenvalue weighted by atomic mass is 9.90. The second-order valence-electron chi connectivity index (χ2n) is 10.3. The third kappa shape index (κ3) is 4.77. The summed E-state index contributed by atoms with van der Waals surface area (Å²) in [6.45, 7) is -0.100. The smallest absolute Gasteiger partial charge is 0.280 e. The maximum Gasteiger partial charge on any atom is 0.280 e. The van der Waals surface area contributed by atoms with Gasteiger partial charge in [-0.15, -0.1) is 0 Å². The Bertz CT molecular complexity index is 1880. The third-order valence-corrected chi connectivity index (χ3v) is 7.54. The van der Waals surface area contributed by atoms with Crippen LogP contribution in [0.15, 0.2) is 88.8 Å². The quantitative estimate of drug-likeness (QED) is 0.316. The van der Waals surface area contributed by atoms with E-state index >= 15 is 0 Å². The monoisotopic (exact) mass is 561 g/mol.